The third kappa shape index (κ3) is 5.87. The molecular weight excluding hydrogens is 288 g/mol. The van der Waals surface area contributed by atoms with E-state index in [0.29, 0.717) is 12.3 Å². The number of nitrogens with one attached hydrogen (secondary N) is 1. The number of amides is 1. The van der Waals surface area contributed by atoms with Crippen LogP contribution in [0.4, 0.5) is 0 Å². The van der Waals surface area contributed by atoms with Crippen molar-refractivity contribution >= 4 is 5.91 Å². The van der Waals surface area contributed by atoms with Gasteiger partial charge in [0.15, 0.2) is 0 Å². The first kappa shape index (κ1) is 19.5. The van der Waals surface area contributed by atoms with E-state index in [9.17, 15) is 4.79 Å². The number of nitrogens with two attached hydrogens (primary N) is 1. The Morgan fingerprint density at radius 2 is 1.65 bits per heavy atom. The predicted octanol–water partition coefficient (Wildman–Crippen LogP) is 3.50. The minimum atomic E-state index is -1.01. The van der Waals surface area contributed by atoms with Crippen molar-refractivity contribution in [2.24, 2.45) is 11.7 Å². The first-order valence-corrected chi connectivity index (χ1v) is 8.21. The van der Waals surface area contributed by atoms with Crippen LogP contribution in [-0.4, -0.2) is 22.6 Å². The molecule has 0 saturated carbocycles. The molecule has 0 aliphatic heterocycles. The summed E-state index contributed by atoms with van der Waals surface area (Å²) in [5.41, 5.74) is 4.45. The standard InChI is InChI=1S/C19H32N2O2/c1-14(2)18(5,6)21-16(22)19(7,20)13-17(3,4)23-15-11-9-8-10-12-15/h8-12,14H,13,20H2,1-7H3,(H,21,22). The van der Waals surface area contributed by atoms with Gasteiger partial charge in [-0.25, -0.2) is 0 Å². The van der Waals surface area contributed by atoms with Crippen molar-refractivity contribution in [2.75, 3.05) is 0 Å². The van der Waals surface area contributed by atoms with Crippen molar-refractivity contribution in [3.05, 3.63) is 30.3 Å². The molecule has 1 unspecified atom stereocenters. The van der Waals surface area contributed by atoms with Crippen LogP contribution >= 0.6 is 0 Å². The fourth-order valence-electron chi connectivity index (χ4n) is 2.39. The molecule has 0 fully saturated rings. The van der Waals surface area contributed by atoms with E-state index >= 15 is 0 Å². The molecule has 0 aliphatic rings. The second kappa shape index (κ2) is 6.91. The molecule has 4 heteroatoms. The van der Waals surface area contributed by atoms with Crippen molar-refractivity contribution in [3.8, 4) is 5.75 Å². The summed E-state index contributed by atoms with van der Waals surface area (Å²) in [5, 5.41) is 3.06. The molecule has 0 aliphatic carbocycles. The summed E-state index contributed by atoms with van der Waals surface area (Å²) in [5.74, 6) is 0.938. The van der Waals surface area contributed by atoms with E-state index < -0.39 is 11.1 Å². The normalized spacial score (nSPS) is 15.2. The van der Waals surface area contributed by atoms with Crippen LogP contribution in [0.1, 0.15) is 54.9 Å². The van der Waals surface area contributed by atoms with E-state index in [1.54, 1.807) is 6.92 Å². The Morgan fingerprint density at radius 1 is 1.13 bits per heavy atom. The molecule has 0 radical (unpaired) electrons. The second-order valence-electron chi connectivity index (χ2n) is 8.10. The van der Waals surface area contributed by atoms with Crippen molar-refractivity contribution in [1.82, 2.24) is 5.32 Å². The van der Waals surface area contributed by atoms with Gasteiger partial charge in [0.05, 0.1) is 5.54 Å². The largest absolute Gasteiger partial charge is 0.488 e. The third-order valence-electron chi connectivity index (χ3n) is 4.33. The molecule has 4 nitrogen and oxygen atoms in total. The van der Waals surface area contributed by atoms with Crippen LogP contribution < -0.4 is 15.8 Å². The summed E-state index contributed by atoms with van der Waals surface area (Å²) in [7, 11) is 0. The third-order valence-corrected chi connectivity index (χ3v) is 4.33. The van der Waals surface area contributed by atoms with Gasteiger partial charge in [-0.15, -0.1) is 0 Å². The summed E-state index contributed by atoms with van der Waals surface area (Å²) in [4.78, 5) is 12.6. The number of hydrogen-bond donors (Lipinski definition) is 2. The van der Waals surface area contributed by atoms with Crippen LogP contribution in [-0.2, 0) is 4.79 Å². The van der Waals surface area contributed by atoms with E-state index in [2.05, 4.69) is 19.2 Å². The molecule has 0 bridgehead atoms. The number of hydrogen-bond acceptors (Lipinski definition) is 3. The number of benzene rings is 1. The number of carbonyl (C=O) groups excluding carboxylic acids is 1. The van der Waals surface area contributed by atoms with Crippen LogP contribution in [0, 0.1) is 5.92 Å². The van der Waals surface area contributed by atoms with Crippen LogP contribution in [0.2, 0.25) is 0 Å². The maximum atomic E-state index is 12.6. The molecule has 1 atom stereocenters. The Kier molecular flexibility index (Phi) is 5.86. The maximum absolute atomic E-state index is 12.6. The van der Waals surface area contributed by atoms with E-state index in [-0.39, 0.29) is 11.4 Å². The summed E-state index contributed by atoms with van der Waals surface area (Å²) < 4.78 is 6.01. The summed E-state index contributed by atoms with van der Waals surface area (Å²) >= 11 is 0. The van der Waals surface area contributed by atoms with Gasteiger partial charge in [-0.1, -0.05) is 32.0 Å². The number of rotatable bonds is 7. The fraction of sp³-hybridized carbons (Fsp3) is 0.632. The van der Waals surface area contributed by atoms with Crippen molar-refractivity contribution in [3.63, 3.8) is 0 Å². The molecule has 1 amide bonds. The molecule has 0 spiro atoms. The molecular formula is C19H32N2O2. The molecule has 0 aromatic heterocycles. The average molecular weight is 320 g/mol. The lowest BCUT2D eigenvalue weighted by molar-refractivity contribution is -0.129. The Hall–Kier alpha value is -1.55. The first-order chi connectivity index (χ1) is 10.4. The van der Waals surface area contributed by atoms with Crippen LogP contribution in [0.25, 0.3) is 0 Å². The van der Waals surface area contributed by atoms with Gasteiger partial charge in [0.1, 0.15) is 11.4 Å². The topological polar surface area (TPSA) is 64.4 Å². The highest BCUT2D eigenvalue weighted by Crippen LogP contribution is 2.26. The molecule has 0 heterocycles. The van der Waals surface area contributed by atoms with Gasteiger partial charge in [-0.05, 0) is 52.7 Å². The monoisotopic (exact) mass is 320 g/mol. The molecule has 23 heavy (non-hydrogen) atoms. The zero-order valence-corrected chi connectivity index (χ0v) is 15.6. The van der Waals surface area contributed by atoms with Gasteiger partial charge < -0.3 is 15.8 Å². The SMILES string of the molecule is CC(C)C(C)(C)NC(=O)C(C)(N)CC(C)(C)Oc1ccccc1. The number of para-hydroxylation sites is 1. The lowest BCUT2D eigenvalue weighted by atomic mass is 9.85. The van der Waals surface area contributed by atoms with E-state index in [0.717, 1.165) is 5.75 Å². The summed E-state index contributed by atoms with van der Waals surface area (Å²) in [6.07, 6.45) is 0.412. The lowest BCUT2D eigenvalue weighted by Crippen LogP contribution is -2.61. The highest BCUT2D eigenvalue weighted by atomic mass is 16.5. The van der Waals surface area contributed by atoms with Gasteiger partial charge in [0.25, 0.3) is 0 Å². The summed E-state index contributed by atoms with van der Waals surface area (Å²) in [6, 6.07) is 9.58. The van der Waals surface area contributed by atoms with E-state index in [1.165, 1.54) is 0 Å². The Morgan fingerprint density at radius 3 is 2.13 bits per heavy atom. The molecule has 130 valence electrons. The second-order valence-corrected chi connectivity index (χ2v) is 8.10. The van der Waals surface area contributed by atoms with Crippen LogP contribution in [0.15, 0.2) is 30.3 Å². The number of carbonyl (C=O) groups is 1. The van der Waals surface area contributed by atoms with Gasteiger partial charge in [-0.2, -0.15) is 0 Å². The van der Waals surface area contributed by atoms with Gasteiger partial charge in [0, 0.05) is 12.0 Å². The average Bonchev–Trinajstić information content (AvgIpc) is 2.37. The quantitative estimate of drug-likeness (QED) is 0.808. The minimum Gasteiger partial charge on any atom is -0.488 e. The van der Waals surface area contributed by atoms with Crippen molar-refractivity contribution in [1.29, 1.82) is 0 Å². The lowest BCUT2D eigenvalue weighted by Gasteiger charge is -2.38. The highest BCUT2D eigenvalue weighted by Gasteiger charge is 2.39. The van der Waals surface area contributed by atoms with Crippen molar-refractivity contribution in [2.45, 2.75) is 71.6 Å². The predicted molar refractivity (Wildman–Crippen MR) is 95.4 cm³/mol. The molecule has 0 saturated heterocycles. The zero-order chi connectivity index (χ0) is 17.9. The van der Waals surface area contributed by atoms with E-state index in [4.69, 9.17) is 10.5 Å². The minimum absolute atomic E-state index is 0.152. The molecule has 1 rings (SSSR count). The van der Waals surface area contributed by atoms with Gasteiger partial charge >= 0.3 is 0 Å². The fourth-order valence-corrected chi connectivity index (χ4v) is 2.39. The zero-order valence-electron chi connectivity index (χ0n) is 15.6. The number of ether oxygens (including phenoxy) is 1. The van der Waals surface area contributed by atoms with Crippen molar-refractivity contribution < 1.29 is 9.53 Å². The van der Waals surface area contributed by atoms with Crippen LogP contribution in [0.5, 0.6) is 5.75 Å². The maximum Gasteiger partial charge on any atom is 0.240 e. The first-order valence-electron chi connectivity index (χ1n) is 8.21. The molecule has 1 aromatic carbocycles. The highest BCUT2D eigenvalue weighted by molar-refractivity contribution is 5.86. The molecule has 1 aromatic rings. The smallest absolute Gasteiger partial charge is 0.240 e. The van der Waals surface area contributed by atoms with Gasteiger partial charge in [0.2, 0.25) is 5.91 Å². The Labute approximate surface area is 140 Å². The Bertz CT molecular complexity index is 519. The van der Waals surface area contributed by atoms with Gasteiger partial charge in [-0.3, -0.25) is 4.79 Å². The van der Waals surface area contributed by atoms with Crippen LogP contribution in [0.3, 0.4) is 0 Å². The Balaban J connectivity index is 2.77. The van der Waals surface area contributed by atoms with E-state index in [1.807, 2.05) is 58.0 Å². The molecule has 3 N–H and O–H groups in total. The summed E-state index contributed by atoms with van der Waals surface area (Å²) in [6.45, 7) is 13.8.